The second kappa shape index (κ2) is 8.93. The van der Waals surface area contributed by atoms with Crippen LogP contribution < -0.4 is 14.8 Å². The Morgan fingerprint density at radius 3 is 2.35 bits per heavy atom. The van der Waals surface area contributed by atoms with Crippen molar-refractivity contribution in [1.82, 2.24) is 4.98 Å². The number of rotatable bonds is 8. The van der Waals surface area contributed by atoms with Crippen LogP contribution in [0.5, 0.6) is 11.5 Å². The molecule has 0 aliphatic rings. The van der Waals surface area contributed by atoms with Gasteiger partial charge in [-0.3, -0.25) is 4.79 Å². The second-order valence-corrected chi connectivity index (χ2v) is 7.19. The normalized spacial score (nSPS) is 11.8. The zero-order valence-corrected chi connectivity index (χ0v) is 17.4. The lowest BCUT2D eigenvalue weighted by Crippen LogP contribution is -2.21. The molecule has 0 radical (unpaired) electrons. The average molecular weight is 416 g/mol. The van der Waals surface area contributed by atoms with Gasteiger partial charge in [0.05, 0.1) is 20.8 Å². The van der Waals surface area contributed by atoms with Crippen molar-refractivity contribution in [3.63, 3.8) is 0 Å². The number of Topliss-reactive ketones (excluding diaryl/α,β-unsaturated/α-hetero) is 1. The van der Waals surface area contributed by atoms with Crippen molar-refractivity contribution in [2.75, 3.05) is 19.5 Å². The summed E-state index contributed by atoms with van der Waals surface area (Å²) in [4.78, 5) is 16.9. The first-order chi connectivity index (χ1) is 15.1. The summed E-state index contributed by atoms with van der Waals surface area (Å²) >= 11 is 0. The lowest BCUT2D eigenvalue weighted by Gasteiger charge is -2.20. The first-order valence-corrected chi connectivity index (χ1v) is 9.92. The smallest absolute Gasteiger partial charge is 0.191 e. The first-order valence-electron chi connectivity index (χ1n) is 9.92. The minimum atomic E-state index is -0.630. The van der Waals surface area contributed by atoms with Crippen LogP contribution in [0.1, 0.15) is 27.5 Å². The van der Waals surface area contributed by atoms with E-state index >= 15 is 0 Å². The van der Waals surface area contributed by atoms with Gasteiger partial charge in [0, 0.05) is 46.5 Å². The summed E-state index contributed by atoms with van der Waals surface area (Å²) in [5, 5.41) is 13.6. The highest BCUT2D eigenvalue weighted by Gasteiger charge is 2.25. The van der Waals surface area contributed by atoms with Crippen LogP contribution in [0, 0.1) is 0 Å². The third kappa shape index (κ3) is 4.25. The van der Waals surface area contributed by atoms with Gasteiger partial charge in [-0.05, 0) is 23.3 Å². The molecular weight excluding hydrogens is 392 g/mol. The minimum Gasteiger partial charge on any atom is -0.497 e. The van der Waals surface area contributed by atoms with Gasteiger partial charge >= 0.3 is 0 Å². The number of hydrogen-bond acceptors (Lipinski definition) is 5. The Morgan fingerprint density at radius 1 is 1.00 bits per heavy atom. The number of hydrogen-bond donors (Lipinski definition) is 3. The molecule has 3 aromatic carbocycles. The molecule has 158 valence electrons. The molecule has 0 bridgehead atoms. The lowest BCUT2D eigenvalue weighted by atomic mass is 9.96. The average Bonchev–Trinajstić information content (AvgIpc) is 3.25. The van der Waals surface area contributed by atoms with E-state index in [-0.39, 0.29) is 12.4 Å². The number of aromatic amines is 1. The number of ketones is 1. The van der Waals surface area contributed by atoms with E-state index in [1.54, 1.807) is 26.5 Å². The summed E-state index contributed by atoms with van der Waals surface area (Å²) in [6.45, 7) is -0.0846. The summed E-state index contributed by atoms with van der Waals surface area (Å²) in [7, 11) is 3.17. The topological polar surface area (TPSA) is 83.6 Å². The van der Waals surface area contributed by atoms with Gasteiger partial charge in [-0.15, -0.1) is 0 Å². The molecule has 0 aliphatic carbocycles. The number of methoxy groups -OCH3 is 2. The lowest BCUT2D eigenvalue weighted by molar-refractivity contribution is 0.0971. The number of aliphatic hydroxyl groups is 1. The van der Waals surface area contributed by atoms with E-state index in [2.05, 4.69) is 10.3 Å². The second-order valence-electron chi connectivity index (χ2n) is 7.19. The van der Waals surface area contributed by atoms with Gasteiger partial charge in [-0.1, -0.05) is 36.4 Å². The number of nitrogens with one attached hydrogen (secondary N) is 2. The highest BCUT2D eigenvalue weighted by molar-refractivity contribution is 6.11. The quantitative estimate of drug-likeness (QED) is 0.362. The molecule has 4 aromatic rings. The van der Waals surface area contributed by atoms with Gasteiger partial charge in [0.15, 0.2) is 5.78 Å². The van der Waals surface area contributed by atoms with Crippen molar-refractivity contribution < 1.29 is 19.4 Å². The standard InChI is InChI=1S/C25H24N2O4/c1-30-19-11-18(12-20(13-19)31-2)27-24(17-6-4-3-5-7-17)25(29)22-14-26-23-9-8-16(15-28)10-21(22)23/h3-14,24,26-28H,15H2,1-2H3. The van der Waals surface area contributed by atoms with Crippen molar-refractivity contribution in [3.8, 4) is 11.5 Å². The molecule has 0 fully saturated rings. The monoisotopic (exact) mass is 416 g/mol. The van der Waals surface area contributed by atoms with Crippen LogP contribution >= 0.6 is 0 Å². The SMILES string of the molecule is COc1cc(NC(C(=O)c2c[nH]c3ccc(CO)cc23)c2ccccc2)cc(OC)c1. The maximum atomic E-state index is 13.7. The molecule has 0 saturated carbocycles. The van der Waals surface area contributed by atoms with Crippen LogP contribution in [0.15, 0.2) is 72.9 Å². The minimum absolute atomic E-state index is 0.0846. The zero-order valence-electron chi connectivity index (χ0n) is 17.4. The maximum Gasteiger partial charge on any atom is 0.191 e. The van der Waals surface area contributed by atoms with Crippen LogP contribution in [0.3, 0.4) is 0 Å². The number of benzene rings is 3. The number of carbonyl (C=O) groups excluding carboxylic acids is 1. The predicted octanol–water partition coefficient (Wildman–Crippen LogP) is 4.71. The summed E-state index contributed by atoms with van der Waals surface area (Å²) < 4.78 is 10.7. The van der Waals surface area contributed by atoms with Gasteiger partial charge in [0.25, 0.3) is 0 Å². The van der Waals surface area contributed by atoms with Crippen molar-refractivity contribution in [2.24, 2.45) is 0 Å². The molecule has 1 heterocycles. The number of aliphatic hydroxyl groups excluding tert-OH is 1. The Morgan fingerprint density at radius 2 is 1.71 bits per heavy atom. The maximum absolute atomic E-state index is 13.7. The number of ether oxygens (including phenoxy) is 2. The van der Waals surface area contributed by atoms with Crippen LogP contribution in [0.4, 0.5) is 5.69 Å². The molecule has 0 saturated heterocycles. The number of anilines is 1. The van der Waals surface area contributed by atoms with Gasteiger partial charge < -0.3 is 24.9 Å². The molecule has 4 rings (SSSR count). The van der Waals surface area contributed by atoms with E-state index in [0.717, 1.165) is 22.0 Å². The molecule has 0 aliphatic heterocycles. The van der Waals surface area contributed by atoms with Crippen LogP contribution in [-0.4, -0.2) is 30.1 Å². The van der Waals surface area contributed by atoms with E-state index in [0.29, 0.717) is 22.7 Å². The molecule has 3 N–H and O–H groups in total. The van der Waals surface area contributed by atoms with Gasteiger partial charge in [-0.2, -0.15) is 0 Å². The molecule has 0 amide bonds. The molecule has 1 unspecified atom stereocenters. The summed E-state index contributed by atoms with van der Waals surface area (Å²) in [6, 6.07) is 19.9. The molecule has 1 atom stereocenters. The number of H-pyrrole nitrogens is 1. The number of carbonyl (C=O) groups is 1. The van der Waals surface area contributed by atoms with Crippen LogP contribution in [0.2, 0.25) is 0 Å². The first kappa shape index (κ1) is 20.5. The molecule has 31 heavy (non-hydrogen) atoms. The van der Waals surface area contributed by atoms with Gasteiger partial charge in [0.1, 0.15) is 17.5 Å². The number of fused-ring (bicyclic) bond motifs is 1. The largest absolute Gasteiger partial charge is 0.497 e. The Bertz CT molecular complexity index is 1180. The van der Waals surface area contributed by atoms with Crippen LogP contribution in [0.25, 0.3) is 10.9 Å². The Kier molecular flexibility index (Phi) is 5.91. The highest BCUT2D eigenvalue weighted by atomic mass is 16.5. The third-order valence-corrected chi connectivity index (χ3v) is 5.25. The third-order valence-electron chi connectivity index (χ3n) is 5.25. The summed E-state index contributed by atoms with van der Waals surface area (Å²) in [5.74, 6) is 1.16. The van der Waals surface area contributed by atoms with E-state index < -0.39 is 6.04 Å². The Balaban J connectivity index is 1.77. The van der Waals surface area contributed by atoms with E-state index in [9.17, 15) is 9.90 Å². The molecule has 0 spiro atoms. The fourth-order valence-electron chi connectivity index (χ4n) is 3.63. The molecule has 6 nitrogen and oxygen atoms in total. The van der Waals surface area contributed by atoms with E-state index in [1.807, 2.05) is 60.7 Å². The van der Waals surface area contributed by atoms with E-state index in [4.69, 9.17) is 9.47 Å². The van der Waals surface area contributed by atoms with Gasteiger partial charge in [-0.25, -0.2) is 0 Å². The zero-order chi connectivity index (χ0) is 21.8. The fraction of sp³-hybridized carbons (Fsp3) is 0.160. The molecule has 1 aromatic heterocycles. The molecule has 6 heteroatoms. The molecular formula is C25H24N2O4. The van der Waals surface area contributed by atoms with Gasteiger partial charge in [0.2, 0.25) is 0 Å². The summed E-state index contributed by atoms with van der Waals surface area (Å²) in [6.07, 6.45) is 1.72. The van der Waals surface area contributed by atoms with Crippen molar-refractivity contribution >= 4 is 22.4 Å². The van der Waals surface area contributed by atoms with E-state index in [1.165, 1.54) is 0 Å². The van der Waals surface area contributed by atoms with Crippen molar-refractivity contribution in [1.29, 1.82) is 0 Å². The Labute approximate surface area is 180 Å². The number of aromatic nitrogens is 1. The highest BCUT2D eigenvalue weighted by Crippen LogP contribution is 2.31. The fourth-order valence-corrected chi connectivity index (χ4v) is 3.63. The van der Waals surface area contributed by atoms with Crippen molar-refractivity contribution in [2.45, 2.75) is 12.6 Å². The van der Waals surface area contributed by atoms with Crippen molar-refractivity contribution in [3.05, 3.63) is 89.6 Å². The van der Waals surface area contributed by atoms with Crippen LogP contribution in [-0.2, 0) is 6.61 Å². The summed E-state index contributed by atoms with van der Waals surface area (Å²) in [5.41, 5.74) is 3.69. The predicted molar refractivity (Wildman–Crippen MR) is 121 cm³/mol. The Hall–Kier alpha value is -3.77.